The molecule has 1 saturated heterocycles. The van der Waals surface area contributed by atoms with Gasteiger partial charge in [0.1, 0.15) is 0 Å². The van der Waals surface area contributed by atoms with Crippen LogP contribution in [0.2, 0.25) is 0 Å². The SMILES string of the molecule is CNCCC(C)CC1CCCN(S(C)(=O)=O)C1. The monoisotopic (exact) mass is 262 g/mol. The van der Waals surface area contributed by atoms with Gasteiger partial charge in [-0.3, -0.25) is 0 Å². The van der Waals surface area contributed by atoms with Crippen LogP contribution in [0.5, 0.6) is 0 Å². The van der Waals surface area contributed by atoms with Crippen molar-refractivity contribution >= 4 is 10.0 Å². The molecular weight excluding hydrogens is 236 g/mol. The van der Waals surface area contributed by atoms with Crippen LogP contribution in [-0.2, 0) is 10.0 Å². The number of hydrogen-bond donors (Lipinski definition) is 1. The predicted molar refractivity (Wildman–Crippen MR) is 71.5 cm³/mol. The summed E-state index contributed by atoms with van der Waals surface area (Å²) in [7, 11) is -1.02. The summed E-state index contributed by atoms with van der Waals surface area (Å²) >= 11 is 0. The maximum Gasteiger partial charge on any atom is 0.211 e. The topological polar surface area (TPSA) is 49.4 Å². The smallest absolute Gasteiger partial charge is 0.211 e. The van der Waals surface area contributed by atoms with Gasteiger partial charge in [-0.05, 0) is 51.1 Å². The lowest BCUT2D eigenvalue weighted by Gasteiger charge is -2.32. The van der Waals surface area contributed by atoms with E-state index >= 15 is 0 Å². The minimum atomic E-state index is -2.99. The van der Waals surface area contributed by atoms with Gasteiger partial charge in [0.15, 0.2) is 0 Å². The van der Waals surface area contributed by atoms with Gasteiger partial charge in [-0.25, -0.2) is 12.7 Å². The summed E-state index contributed by atoms with van der Waals surface area (Å²) in [5, 5.41) is 3.16. The molecule has 0 amide bonds. The highest BCUT2D eigenvalue weighted by atomic mass is 32.2. The van der Waals surface area contributed by atoms with Gasteiger partial charge in [0, 0.05) is 13.1 Å². The van der Waals surface area contributed by atoms with Crippen molar-refractivity contribution in [1.29, 1.82) is 0 Å². The van der Waals surface area contributed by atoms with Crippen molar-refractivity contribution in [2.75, 3.05) is 32.9 Å². The van der Waals surface area contributed by atoms with Gasteiger partial charge in [0.2, 0.25) is 10.0 Å². The van der Waals surface area contributed by atoms with Crippen LogP contribution >= 0.6 is 0 Å². The lowest BCUT2D eigenvalue weighted by Crippen LogP contribution is -2.39. The molecular formula is C12H26N2O2S. The molecule has 2 atom stereocenters. The molecule has 4 nitrogen and oxygen atoms in total. The zero-order chi connectivity index (χ0) is 12.9. The van der Waals surface area contributed by atoms with E-state index in [1.54, 1.807) is 4.31 Å². The van der Waals surface area contributed by atoms with Crippen molar-refractivity contribution in [2.24, 2.45) is 11.8 Å². The third-order valence-corrected chi connectivity index (χ3v) is 4.84. The Hall–Kier alpha value is -0.130. The first-order chi connectivity index (χ1) is 7.93. The van der Waals surface area contributed by atoms with Gasteiger partial charge in [0.05, 0.1) is 6.26 Å². The fourth-order valence-corrected chi connectivity index (χ4v) is 3.54. The summed E-state index contributed by atoms with van der Waals surface area (Å²) < 4.78 is 24.7. The predicted octanol–water partition coefficient (Wildman–Crippen LogP) is 1.29. The molecule has 0 aromatic heterocycles. The largest absolute Gasteiger partial charge is 0.320 e. The molecule has 0 aliphatic carbocycles. The Labute approximate surface area is 106 Å². The first kappa shape index (κ1) is 14.9. The van der Waals surface area contributed by atoms with E-state index in [2.05, 4.69) is 12.2 Å². The molecule has 0 aromatic rings. The van der Waals surface area contributed by atoms with E-state index in [1.807, 2.05) is 7.05 Å². The third kappa shape index (κ3) is 5.36. The van der Waals surface area contributed by atoms with Crippen molar-refractivity contribution < 1.29 is 8.42 Å². The van der Waals surface area contributed by atoms with Crippen molar-refractivity contribution in [3.05, 3.63) is 0 Å². The van der Waals surface area contributed by atoms with Crippen LogP contribution in [0.3, 0.4) is 0 Å². The molecule has 0 bridgehead atoms. The number of sulfonamides is 1. The molecule has 102 valence electrons. The fourth-order valence-electron chi connectivity index (χ4n) is 2.60. The van der Waals surface area contributed by atoms with Gasteiger partial charge in [0.25, 0.3) is 0 Å². The summed E-state index contributed by atoms with van der Waals surface area (Å²) in [5.41, 5.74) is 0. The molecule has 1 aliphatic heterocycles. The Balaban J connectivity index is 2.39. The summed E-state index contributed by atoms with van der Waals surface area (Å²) in [6.07, 6.45) is 5.83. The summed E-state index contributed by atoms with van der Waals surface area (Å²) in [6.45, 7) is 4.74. The Morgan fingerprint density at radius 3 is 2.76 bits per heavy atom. The Morgan fingerprint density at radius 1 is 1.47 bits per heavy atom. The quantitative estimate of drug-likeness (QED) is 0.785. The van der Waals surface area contributed by atoms with E-state index in [-0.39, 0.29) is 0 Å². The average Bonchev–Trinajstić information content (AvgIpc) is 2.25. The zero-order valence-corrected chi connectivity index (χ0v) is 12.1. The van der Waals surface area contributed by atoms with Crippen LogP contribution in [0.4, 0.5) is 0 Å². The zero-order valence-electron chi connectivity index (χ0n) is 11.3. The van der Waals surface area contributed by atoms with Gasteiger partial charge in [-0.2, -0.15) is 0 Å². The van der Waals surface area contributed by atoms with Gasteiger partial charge < -0.3 is 5.32 Å². The average molecular weight is 262 g/mol. The number of piperidine rings is 1. The lowest BCUT2D eigenvalue weighted by atomic mass is 9.88. The molecule has 1 N–H and O–H groups in total. The second-order valence-electron chi connectivity index (χ2n) is 5.36. The van der Waals surface area contributed by atoms with Crippen molar-refractivity contribution in [3.8, 4) is 0 Å². The Bertz CT molecular complexity index is 316. The minimum absolute atomic E-state index is 0.547. The highest BCUT2D eigenvalue weighted by Crippen LogP contribution is 2.25. The lowest BCUT2D eigenvalue weighted by molar-refractivity contribution is 0.231. The molecule has 5 heteroatoms. The van der Waals surface area contributed by atoms with E-state index in [9.17, 15) is 8.42 Å². The summed E-state index contributed by atoms with van der Waals surface area (Å²) in [6, 6.07) is 0. The van der Waals surface area contributed by atoms with E-state index < -0.39 is 10.0 Å². The molecule has 1 rings (SSSR count). The number of rotatable bonds is 6. The maximum absolute atomic E-state index is 11.5. The van der Waals surface area contributed by atoms with E-state index in [4.69, 9.17) is 0 Å². The molecule has 0 aromatic carbocycles. The fraction of sp³-hybridized carbons (Fsp3) is 1.00. The molecule has 1 heterocycles. The van der Waals surface area contributed by atoms with Crippen molar-refractivity contribution in [3.63, 3.8) is 0 Å². The molecule has 1 aliphatic rings. The maximum atomic E-state index is 11.5. The number of nitrogens with zero attached hydrogens (tertiary/aromatic N) is 1. The number of hydrogen-bond acceptors (Lipinski definition) is 3. The number of nitrogens with one attached hydrogen (secondary N) is 1. The molecule has 17 heavy (non-hydrogen) atoms. The van der Waals surface area contributed by atoms with Crippen molar-refractivity contribution in [1.82, 2.24) is 9.62 Å². The standard InChI is InChI=1S/C12H26N2O2S/c1-11(6-7-13-2)9-12-5-4-8-14(10-12)17(3,15)16/h11-13H,4-10H2,1-3H3. The van der Waals surface area contributed by atoms with E-state index in [0.29, 0.717) is 18.4 Å². The van der Waals surface area contributed by atoms with Crippen LogP contribution in [-0.4, -0.2) is 45.7 Å². The Kier molecular flexibility index (Phi) is 5.89. The second-order valence-corrected chi connectivity index (χ2v) is 7.34. The molecule has 0 spiro atoms. The molecule has 0 saturated carbocycles. The van der Waals surface area contributed by atoms with Crippen LogP contribution in [0.25, 0.3) is 0 Å². The minimum Gasteiger partial charge on any atom is -0.320 e. The molecule has 2 unspecified atom stereocenters. The van der Waals surface area contributed by atoms with Crippen molar-refractivity contribution in [2.45, 2.75) is 32.6 Å². The van der Waals surface area contributed by atoms with Gasteiger partial charge in [-0.1, -0.05) is 6.92 Å². The molecule has 0 radical (unpaired) electrons. The highest BCUT2D eigenvalue weighted by Gasteiger charge is 2.26. The van der Waals surface area contributed by atoms with Crippen LogP contribution in [0.15, 0.2) is 0 Å². The second kappa shape index (κ2) is 6.71. The van der Waals surface area contributed by atoms with Crippen LogP contribution in [0.1, 0.15) is 32.6 Å². The normalized spacial score (nSPS) is 24.8. The van der Waals surface area contributed by atoms with E-state index in [0.717, 1.165) is 25.9 Å². The van der Waals surface area contributed by atoms with Gasteiger partial charge >= 0.3 is 0 Å². The summed E-state index contributed by atoms with van der Waals surface area (Å²) in [5.74, 6) is 1.22. The highest BCUT2D eigenvalue weighted by molar-refractivity contribution is 7.88. The molecule has 1 fully saturated rings. The summed E-state index contributed by atoms with van der Waals surface area (Å²) in [4.78, 5) is 0. The first-order valence-electron chi connectivity index (χ1n) is 6.53. The Morgan fingerprint density at radius 2 is 2.18 bits per heavy atom. The first-order valence-corrected chi connectivity index (χ1v) is 8.38. The third-order valence-electron chi connectivity index (χ3n) is 3.57. The van der Waals surface area contributed by atoms with E-state index in [1.165, 1.54) is 19.1 Å². The van der Waals surface area contributed by atoms with Crippen LogP contribution < -0.4 is 5.32 Å². The van der Waals surface area contributed by atoms with Crippen LogP contribution in [0, 0.1) is 11.8 Å². The van der Waals surface area contributed by atoms with Gasteiger partial charge in [-0.15, -0.1) is 0 Å².